The van der Waals surface area contributed by atoms with Crippen LogP contribution in [0.3, 0.4) is 0 Å². The van der Waals surface area contributed by atoms with Gasteiger partial charge in [-0.1, -0.05) is 47.7 Å². The van der Waals surface area contributed by atoms with Crippen LogP contribution in [0.5, 0.6) is 11.5 Å². The van der Waals surface area contributed by atoms with E-state index in [0.29, 0.717) is 27.3 Å². The summed E-state index contributed by atoms with van der Waals surface area (Å²) in [6, 6.07) is 17.8. The fraction of sp³-hybridized carbons (Fsp3) is 0.200. The molecule has 0 unspecified atom stereocenters. The molecule has 1 saturated heterocycles. The first-order valence-electron chi connectivity index (χ1n) is 10.2. The minimum atomic E-state index is -0.138. The quantitative estimate of drug-likeness (QED) is 0.354. The van der Waals surface area contributed by atoms with Crippen LogP contribution < -0.4 is 14.5 Å². The Morgan fingerprint density at radius 1 is 1.00 bits per heavy atom. The Balaban J connectivity index is 1.55. The SMILES string of the molecule is COc1cc(/C=C2\SC(=S)N(n3c(C)ccc3C)C2=O)ccc1OCc1cccc(C)c1. The number of benzene rings is 2. The Morgan fingerprint density at radius 2 is 1.75 bits per heavy atom. The van der Waals surface area contributed by atoms with Crippen LogP contribution in [0.4, 0.5) is 0 Å². The Morgan fingerprint density at radius 3 is 2.44 bits per heavy atom. The van der Waals surface area contributed by atoms with Gasteiger partial charge in [-0.2, -0.15) is 5.01 Å². The maximum Gasteiger partial charge on any atom is 0.285 e. The number of carbonyl (C=O) groups is 1. The molecule has 1 aliphatic rings. The summed E-state index contributed by atoms with van der Waals surface area (Å²) in [6.07, 6.45) is 1.83. The lowest BCUT2D eigenvalue weighted by Gasteiger charge is -2.20. The second kappa shape index (κ2) is 9.22. The van der Waals surface area contributed by atoms with E-state index in [1.165, 1.54) is 17.3 Å². The van der Waals surface area contributed by atoms with Crippen LogP contribution in [0.2, 0.25) is 0 Å². The minimum Gasteiger partial charge on any atom is -0.493 e. The number of carbonyl (C=O) groups excluding carboxylic acids is 1. The lowest BCUT2D eigenvalue weighted by molar-refractivity contribution is -0.114. The molecule has 0 spiro atoms. The van der Waals surface area contributed by atoms with Crippen LogP contribution in [0, 0.1) is 20.8 Å². The van der Waals surface area contributed by atoms with Crippen molar-refractivity contribution in [3.63, 3.8) is 0 Å². The molecule has 32 heavy (non-hydrogen) atoms. The van der Waals surface area contributed by atoms with E-state index in [1.807, 2.05) is 67.1 Å². The first-order chi connectivity index (χ1) is 15.4. The molecule has 0 atom stereocenters. The van der Waals surface area contributed by atoms with Gasteiger partial charge in [-0.15, -0.1) is 0 Å². The molecule has 0 saturated carbocycles. The molecule has 3 aromatic rings. The number of aromatic nitrogens is 1. The van der Waals surface area contributed by atoms with Gasteiger partial charge in [-0.3, -0.25) is 9.47 Å². The second-order valence-corrected chi connectivity index (χ2v) is 9.29. The van der Waals surface area contributed by atoms with Gasteiger partial charge in [0, 0.05) is 11.4 Å². The largest absolute Gasteiger partial charge is 0.493 e. The van der Waals surface area contributed by atoms with Gasteiger partial charge >= 0.3 is 0 Å². The average Bonchev–Trinajstić information content (AvgIpc) is 3.23. The summed E-state index contributed by atoms with van der Waals surface area (Å²) in [4.78, 5) is 13.7. The Labute approximate surface area is 197 Å². The molecule has 0 bridgehead atoms. The van der Waals surface area contributed by atoms with E-state index < -0.39 is 0 Å². The van der Waals surface area contributed by atoms with E-state index in [4.69, 9.17) is 21.7 Å². The van der Waals surface area contributed by atoms with Gasteiger partial charge in [0.25, 0.3) is 5.91 Å². The zero-order valence-electron chi connectivity index (χ0n) is 18.4. The third-order valence-electron chi connectivity index (χ3n) is 5.17. The molecular formula is C25H24N2O3S2. The molecule has 0 aliphatic carbocycles. The van der Waals surface area contributed by atoms with Gasteiger partial charge in [-0.05, 0) is 74.5 Å². The van der Waals surface area contributed by atoms with Crippen molar-refractivity contribution < 1.29 is 14.3 Å². The predicted octanol–water partition coefficient (Wildman–Crippen LogP) is 5.54. The van der Waals surface area contributed by atoms with E-state index in [-0.39, 0.29) is 5.91 Å². The molecule has 5 nitrogen and oxygen atoms in total. The summed E-state index contributed by atoms with van der Waals surface area (Å²) in [6.45, 7) is 6.41. The van der Waals surface area contributed by atoms with Gasteiger partial charge in [0.2, 0.25) is 0 Å². The lowest BCUT2D eigenvalue weighted by atomic mass is 10.1. The average molecular weight is 465 g/mol. The number of ether oxygens (including phenoxy) is 2. The van der Waals surface area contributed by atoms with Crippen molar-refractivity contribution in [2.75, 3.05) is 12.1 Å². The fourth-order valence-electron chi connectivity index (χ4n) is 3.62. The van der Waals surface area contributed by atoms with Gasteiger partial charge in [0.1, 0.15) is 6.61 Å². The second-order valence-electron chi connectivity index (χ2n) is 7.61. The van der Waals surface area contributed by atoms with Crippen LogP contribution >= 0.6 is 24.0 Å². The van der Waals surface area contributed by atoms with Crippen LogP contribution in [0.25, 0.3) is 6.08 Å². The highest BCUT2D eigenvalue weighted by molar-refractivity contribution is 8.27. The molecule has 164 valence electrons. The number of thioether (sulfide) groups is 1. The Bertz CT molecular complexity index is 1210. The number of thiocarbonyl (C=S) groups is 1. The summed E-state index contributed by atoms with van der Waals surface area (Å²) in [5.74, 6) is 1.12. The maximum atomic E-state index is 13.1. The molecule has 2 aromatic carbocycles. The maximum absolute atomic E-state index is 13.1. The minimum absolute atomic E-state index is 0.138. The van der Waals surface area contributed by atoms with Crippen LogP contribution in [0.15, 0.2) is 59.5 Å². The zero-order chi connectivity index (χ0) is 22.8. The molecular weight excluding hydrogens is 440 g/mol. The van der Waals surface area contributed by atoms with Crippen molar-refractivity contribution in [3.8, 4) is 11.5 Å². The third-order valence-corrected chi connectivity index (χ3v) is 6.45. The number of hydrogen-bond acceptors (Lipinski definition) is 5. The smallest absolute Gasteiger partial charge is 0.285 e. The summed E-state index contributed by atoms with van der Waals surface area (Å²) in [5, 5.41) is 1.55. The standard InChI is InChI=1S/C25H24N2O3S2/c1-16-6-5-7-20(12-16)15-30-21-11-10-19(13-22(21)29-4)14-23-24(28)27(25(31)32-23)26-17(2)8-9-18(26)3/h5-14H,15H2,1-4H3/b23-14-. The fourth-order valence-corrected chi connectivity index (χ4v) is 4.86. The molecule has 4 rings (SSSR count). The molecule has 1 aliphatic heterocycles. The van der Waals surface area contributed by atoms with E-state index in [9.17, 15) is 4.79 Å². The zero-order valence-corrected chi connectivity index (χ0v) is 20.0. The van der Waals surface area contributed by atoms with Gasteiger partial charge in [0.05, 0.1) is 12.0 Å². The highest BCUT2D eigenvalue weighted by atomic mass is 32.2. The number of hydrogen-bond donors (Lipinski definition) is 0. The number of methoxy groups -OCH3 is 1. The summed E-state index contributed by atoms with van der Waals surface area (Å²) < 4.78 is 13.9. The number of nitrogens with zero attached hydrogens (tertiary/aromatic N) is 2. The van der Waals surface area contributed by atoms with Crippen LogP contribution in [-0.4, -0.2) is 22.0 Å². The summed E-state index contributed by atoms with van der Waals surface area (Å²) in [5.41, 5.74) is 5.03. The summed E-state index contributed by atoms with van der Waals surface area (Å²) in [7, 11) is 1.61. The monoisotopic (exact) mass is 464 g/mol. The number of aryl methyl sites for hydroxylation is 3. The molecule has 0 radical (unpaired) electrons. The van der Waals surface area contributed by atoms with Crippen molar-refractivity contribution in [2.45, 2.75) is 27.4 Å². The van der Waals surface area contributed by atoms with E-state index in [0.717, 1.165) is 22.5 Å². The van der Waals surface area contributed by atoms with E-state index >= 15 is 0 Å². The van der Waals surface area contributed by atoms with Gasteiger partial charge < -0.3 is 9.47 Å². The topological polar surface area (TPSA) is 43.7 Å². The first kappa shape index (κ1) is 22.2. The molecule has 1 fully saturated rings. The highest BCUT2D eigenvalue weighted by Gasteiger charge is 2.34. The molecule has 1 amide bonds. The molecule has 0 N–H and O–H groups in total. The molecule has 1 aromatic heterocycles. The Kier molecular flexibility index (Phi) is 6.39. The molecule has 2 heterocycles. The van der Waals surface area contributed by atoms with E-state index in [1.54, 1.807) is 12.1 Å². The van der Waals surface area contributed by atoms with Gasteiger partial charge in [-0.25, -0.2) is 0 Å². The van der Waals surface area contributed by atoms with Gasteiger partial charge in [0.15, 0.2) is 15.8 Å². The number of rotatable bonds is 6. The van der Waals surface area contributed by atoms with Crippen molar-refractivity contribution in [1.29, 1.82) is 0 Å². The third kappa shape index (κ3) is 4.45. The molecule has 7 heteroatoms. The van der Waals surface area contributed by atoms with Crippen molar-refractivity contribution >= 4 is 40.3 Å². The van der Waals surface area contributed by atoms with E-state index in [2.05, 4.69) is 19.1 Å². The van der Waals surface area contributed by atoms with Crippen LogP contribution in [0.1, 0.15) is 28.1 Å². The van der Waals surface area contributed by atoms with Crippen molar-refractivity contribution in [2.24, 2.45) is 0 Å². The lowest BCUT2D eigenvalue weighted by Crippen LogP contribution is -2.39. The highest BCUT2D eigenvalue weighted by Crippen LogP contribution is 2.35. The number of amides is 1. The first-order valence-corrected chi connectivity index (χ1v) is 11.4. The normalized spacial score (nSPS) is 15.0. The van der Waals surface area contributed by atoms with Crippen molar-refractivity contribution in [1.82, 2.24) is 4.68 Å². The van der Waals surface area contributed by atoms with Crippen LogP contribution in [-0.2, 0) is 11.4 Å². The Hall–Kier alpha value is -3.03. The van der Waals surface area contributed by atoms with Crippen molar-refractivity contribution in [3.05, 3.63) is 87.6 Å². The predicted molar refractivity (Wildman–Crippen MR) is 134 cm³/mol. The summed E-state index contributed by atoms with van der Waals surface area (Å²) >= 11 is 6.79.